The van der Waals surface area contributed by atoms with Gasteiger partial charge in [-0.2, -0.15) is 0 Å². The second-order valence-corrected chi connectivity index (χ2v) is 5.83. The molecule has 0 atom stereocenters. The molecule has 0 saturated carbocycles. The lowest BCUT2D eigenvalue weighted by molar-refractivity contribution is 0.776. The molecule has 3 rings (SSSR count). The predicted octanol–water partition coefficient (Wildman–Crippen LogP) is 5.47. The van der Waals surface area contributed by atoms with Gasteiger partial charge in [-0.15, -0.1) is 0 Å². The number of aryl methyl sites for hydroxylation is 1. The SMILES string of the molecule is Cc1cn(Cc2ccccc2)c(C)c1-c1ccc(Cl)cc1. The highest BCUT2D eigenvalue weighted by molar-refractivity contribution is 6.30. The molecule has 106 valence electrons. The van der Waals surface area contributed by atoms with Crippen LogP contribution in [0.3, 0.4) is 0 Å². The molecule has 0 fully saturated rings. The molecule has 0 amide bonds. The minimum absolute atomic E-state index is 0.776. The highest BCUT2D eigenvalue weighted by atomic mass is 35.5. The Balaban J connectivity index is 1.98. The van der Waals surface area contributed by atoms with E-state index >= 15 is 0 Å². The van der Waals surface area contributed by atoms with Gasteiger partial charge in [0.15, 0.2) is 0 Å². The van der Waals surface area contributed by atoms with Gasteiger partial charge in [-0.1, -0.05) is 54.1 Å². The average Bonchev–Trinajstić information content (AvgIpc) is 2.76. The first-order chi connectivity index (χ1) is 10.1. The van der Waals surface area contributed by atoms with Crippen molar-refractivity contribution < 1.29 is 0 Å². The van der Waals surface area contributed by atoms with Crippen molar-refractivity contribution in [2.75, 3.05) is 0 Å². The zero-order chi connectivity index (χ0) is 14.8. The van der Waals surface area contributed by atoms with Crippen molar-refractivity contribution in [2.24, 2.45) is 0 Å². The number of benzene rings is 2. The Bertz CT molecular complexity index is 739. The summed E-state index contributed by atoms with van der Waals surface area (Å²) >= 11 is 5.99. The molecule has 0 aliphatic heterocycles. The van der Waals surface area contributed by atoms with E-state index in [-0.39, 0.29) is 0 Å². The highest BCUT2D eigenvalue weighted by Gasteiger charge is 2.11. The van der Waals surface area contributed by atoms with Gasteiger partial charge in [0, 0.05) is 29.0 Å². The van der Waals surface area contributed by atoms with E-state index in [1.165, 1.54) is 27.9 Å². The van der Waals surface area contributed by atoms with Crippen LogP contribution in [0.2, 0.25) is 5.02 Å². The first-order valence-electron chi connectivity index (χ1n) is 7.11. The standard InChI is InChI=1S/C19H18ClN/c1-14-12-21(13-16-6-4-3-5-7-16)15(2)19(14)17-8-10-18(20)11-9-17/h3-12H,13H2,1-2H3. The van der Waals surface area contributed by atoms with Crippen LogP contribution in [-0.2, 0) is 6.54 Å². The molecule has 0 radical (unpaired) electrons. The molecule has 2 heteroatoms. The summed E-state index contributed by atoms with van der Waals surface area (Å²) in [5, 5.41) is 0.776. The summed E-state index contributed by atoms with van der Waals surface area (Å²) in [5.41, 5.74) is 6.44. The van der Waals surface area contributed by atoms with Gasteiger partial charge in [0.1, 0.15) is 0 Å². The summed E-state index contributed by atoms with van der Waals surface area (Å²) in [5.74, 6) is 0. The lowest BCUT2D eigenvalue weighted by Crippen LogP contribution is -2.00. The Labute approximate surface area is 130 Å². The van der Waals surface area contributed by atoms with E-state index in [0.717, 1.165) is 11.6 Å². The van der Waals surface area contributed by atoms with Crippen molar-refractivity contribution in [3.8, 4) is 11.1 Å². The Morgan fingerprint density at radius 2 is 1.57 bits per heavy atom. The van der Waals surface area contributed by atoms with Crippen LogP contribution in [0.1, 0.15) is 16.8 Å². The van der Waals surface area contributed by atoms with Gasteiger partial charge in [-0.05, 0) is 42.7 Å². The maximum atomic E-state index is 5.99. The number of halogens is 1. The van der Waals surface area contributed by atoms with Crippen LogP contribution in [0.4, 0.5) is 0 Å². The quantitative estimate of drug-likeness (QED) is 0.603. The maximum Gasteiger partial charge on any atom is 0.0473 e. The van der Waals surface area contributed by atoms with Crippen molar-refractivity contribution in [3.63, 3.8) is 0 Å². The van der Waals surface area contributed by atoms with Crippen molar-refractivity contribution in [2.45, 2.75) is 20.4 Å². The van der Waals surface area contributed by atoms with Crippen LogP contribution in [0, 0.1) is 13.8 Å². The average molecular weight is 296 g/mol. The van der Waals surface area contributed by atoms with E-state index in [1.807, 2.05) is 12.1 Å². The fraction of sp³-hybridized carbons (Fsp3) is 0.158. The molecule has 0 saturated heterocycles. The Morgan fingerprint density at radius 3 is 2.24 bits per heavy atom. The topological polar surface area (TPSA) is 4.93 Å². The Kier molecular flexibility index (Phi) is 3.85. The fourth-order valence-corrected chi connectivity index (χ4v) is 2.95. The normalized spacial score (nSPS) is 10.8. The summed E-state index contributed by atoms with van der Waals surface area (Å²) in [6.45, 7) is 5.25. The van der Waals surface area contributed by atoms with Gasteiger partial charge in [-0.25, -0.2) is 0 Å². The number of hydrogen-bond donors (Lipinski definition) is 0. The molecular formula is C19H18ClN. The Morgan fingerprint density at radius 1 is 0.905 bits per heavy atom. The zero-order valence-electron chi connectivity index (χ0n) is 12.3. The third kappa shape index (κ3) is 2.88. The second-order valence-electron chi connectivity index (χ2n) is 5.39. The van der Waals surface area contributed by atoms with E-state index in [0.29, 0.717) is 0 Å². The molecule has 21 heavy (non-hydrogen) atoms. The molecule has 1 heterocycles. The van der Waals surface area contributed by atoms with Crippen LogP contribution >= 0.6 is 11.6 Å². The number of rotatable bonds is 3. The molecule has 0 unspecified atom stereocenters. The molecule has 0 N–H and O–H groups in total. The van der Waals surface area contributed by atoms with Gasteiger partial charge < -0.3 is 4.57 Å². The third-order valence-corrected chi connectivity index (χ3v) is 4.12. The summed E-state index contributed by atoms with van der Waals surface area (Å²) in [6, 6.07) is 18.6. The van der Waals surface area contributed by atoms with E-state index in [9.17, 15) is 0 Å². The highest BCUT2D eigenvalue weighted by Crippen LogP contribution is 2.30. The molecule has 0 aliphatic rings. The minimum atomic E-state index is 0.776. The molecule has 0 spiro atoms. The van der Waals surface area contributed by atoms with Crippen molar-refractivity contribution >= 4 is 11.6 Å². The summed E-state index contributed by atoms with van der Waals surface area (Å²) in [7, 11) is 0. The summed E-state index contributed by atoms with van der Waals surface area (Å²) in [6.07, 6.45) is 2.23. The van der Waals surface area contributed by atoms with Crippen LogP contribution in [-0.4, -0.2) is 4.57 Å². The summed E-state index contributed by atoms with van der Waals surface area (Å²) < 4.78 is 2.31. The van der Waals surface area contributed by atoms with Crippen molar-refractivity contribution in [1.29, 1.82) is 0 Å². The first-order valence-corrected chi connectivity index (χ1v) is 7.49. The number of hydrogen-bond acceptors (Lipinski definition) is 0. The van der Waals surface area contributed by atoms with Gasteiger partial charge in [-0.3, -0.25) is 0 Å². The molecular weight excluding hydrogens is 278 g/mol. The first kappa shape index (κ1) is 14.0. The predicted molar refractivity (Wildman–Crippen MR) is 89.9 cm³/mol. The molecule has 0 aliphatic carbocycles. The summed E-state index contributed by atoms with van der Waals surface area (Å²) in [4.78, 5) is 0. The van der Waals surface area contributed by atoms with E-state index in [1.54, 1.807) is 0 Å². The largest absolute Gasteiger partial charge is 0.346 e. The van der Waals surface area contributed by atoms with E-state index in [4.69, 9.17) is 11.6 Å². The zero-order valence-corrected chi connectivity index (χ0v) is 13.1. The lowest BCUT2D eigenvalue weighted by Gasteiger charge is -2.08. The number of aromatic nitrogens is 1. The Hall–Kier alpha value is -1.99. The van der Waals surface area contributed by atoms with Gasteiger partial charge in [0.25, 0.3) is 0 Å². The van der Waals surface area contributed by atoms with Gasteiger partial charge >= 0.3 is 0 Å². The number of nitrogens with zero attached hydrogens (tertiary/aromatic N) is 1. The van der Waals surface area contributed by atoms with Crippen molar-refractivity contribution in [3.05, 3.63) is 82.6 Å². The van der Waals surface area contributed by atoms with Gasteiger partial charge in [0.05, 0.1) is 0 Å². The van der Waals surface area contributed by atoms with Crippen molar-refractivity contribution in [1.82, 2.24) is 4.57 Å². The fourth-order valence-electron chi connectivity index (χ4n) is 2.82. The molecule has 1 nitrogen and oxygen atoms in total. The van der Waals surface area contributed by atoms with E-state index < -0.39 is 0 Å². The molecule has 1 aromatic heterocycles. The van der Waals surface area contributed by atoms with E-state index in [2.05, 4.69) is 67.1 Å². The van der Waals surface area contributed by atoms with Crippen LogP contribution in [0.25, 0.3) is 11.1 Å². The monoisotopic (exact) mass is 295 g/mol. The third-order valence-electron chi connectivity index (χ3n) is 3.87. The smallest absolute Gasteiger partial charge is 0.0473 e. The van der Waals surface area contributed by atoms with Crippen LogP contribution in [0.5, 0.6) is 0 Å². The second kappa shape index (κ2) is 5.79. The minimum Gasteiger partial charge on any atom is -0.346 e. The molecule has 3 aromatic rings. The van der Waals surface area contributed by atoms with Crippen LogP contribution in [0.15, 0.2) is 60.8 Å². The molecule has 2 aromatic carbocycles. The maximum absolute atomic E-state index is 5.99. The lowest BCUT2D eigenvalue weighted by atomic mass is 10.0. The van der Waals surface area contributed by atoms with Gasteiger partial charge in [0.2, 0.25) is 0 Å². The molecule has 0 bridgehead atoms. The van der Waals surface area contributed by atoms with Crippen LogP contribution < -0.4 is 0 Å².